The first-order valence-electron chi connectivity index (χ1n) is 7.63. The summed E-state index contributed by atoms with van der Waals surface area (Å²) in [6, 6.07) is 6.47. The summed E-state index contributed by atoms with van der Waals surface area (Å²) in [6.45, 7) is 8.83. The number of nitrogens with one attached hydrogen (secondary N) is 1. The average Bonchev–Trinajstić information content (AvgIpc) is 2.41. The van der Waals surface area contributed by atoms with Gasteiger partial charge in [-0.3, -0.25) is 0 Å². The molecule has 0 spiro atoms. The van der Waals surface area contributed by atoms with Crippen LogP contribution in [-0.2, 0) is 25.8 Å². The number of rotatable bonds is 4. The van der Waals surface area contributed by atoms with Crippen molar-refractivity contribution in [2.24, 2.45) is 0 Å². The third kappa shape index (κ3) is 6.52. The molecule has 0 aromatic heterocycles. The van der Waals surface area contributed by atoms with Crippen molar-refractivity contribution < 1.29 is 25.8 Å². The minimum atomic E-state index is 0. The maximum atomic E-state index is 8.09. The standard InChI is InChI=1S/C18H25N2.Hf.2H3P/c1-12(2)14-8-7-9-15(13(3)4)18(14)20-17-11-6-5-10-16(17)19;;;/h7-9,11-13,19H,5-6,10H2,1-4H3;;2*1H3/q-1;;;. The smallest absolute Gasteiger partial charge is 0.0164 e. The van der Waals surface area contributed by atoms with Crippen molar-refractivity contribution >= 4 is 31.2 Å². The minimum Gasteiger partial charge on any atom is -0.656 e. The van der Waals surface area contributed by atoms with Crippen molar-refractivity contribution in [1.29, 1.82) is 5.41 Å². The molecule has 2 nitrogen and oxygen atoms in total. The molecule has 23 heavy (non-hydrogen) atoms. The summed E-state index contributed by atoms with van der Waals surface area (Å²) in [7, 11) is 0. The number of hydrogen-bond acceptors (Lipinski definition) is 1. The van der Waals surface area contributed by atoms with Crippen LogP contribution in [0.25, 0.3) is 5.32 Å². The van der Waals surface area contributed by atoms with E-state index in [4.69, 9.17) is 10.7 Å². The van der Waals surface area contributed by atoms with Crippen molar-refractivity contribution in [3.05, 3.63) is 46.4 Å². The molecule has 1 aromatic carbocycles. The summed E-state index contributed by atoms with van der Waals surface area (Å²) >= 11 is 0. The van der Waals surface area contributed by atoms with Crippen LogP contribution in [0.15, 0.2) is 30.0 Å². The summed E-state index contributed by atoms with van der Waals surface area (Å²) in [5, 5.41) is 13.0. The predicted molar refractivity (Wildman–Crippen MR) is 110 cm³/mol. The molecule has 2 atom stereocenters. The summed E-state index contributed by atoms with van der Waals surface area (Å²) < 4.78 is 0. The van der Waals surface area contributed by atoms with Crippen molar-refractivity contribution in [2.45, 2.75) is 58.8 Å². The van der Waals surface area contributed by atoms with Crippen LogP contribution in [0.2, 0.25) is 0 Å². The Morgan fingerprint density at radius 2 is 1.52 bits per heavy atom. The number of benzene rings is 1. The van der Waals surface area contributed by atoms with Gasteiger partial charge in [0.1, 0.15) is 0 Å². The van der Waals surface area contributed by atoms with Gasteiger partial charge in [0.25, 0.3) is 0 Å². The van der Waals surface area contributed by atoms with Crippen molar-refractivity contribution in [3.8, 4) is 0 Å². The summed E-state index contributed by atoms with van der Waals surface area (Å²) in [5.41, 5.74) is 5.23. The van der Waals surface area contributed by atoms with Gasteiger partial charge in [-0.1, -0.05) is 63.1 Å². The second-order valence-electron chi connectivity index (χ2n) is 6.17. The number of allylic oxidation sites excluding steroid dienone is 2. The zero-order valence-corrected chi connectivity index (χ0v) is 21.4. The number of para-hydroxylation sites is 1. The molecule has 0 aliphatic heterocycles. The minimum absolute atomic E-state index is 0. The third-order valence-electron chi connectivity index (χ3n) is 3.85. The largest absolute Gasteiger partial charge is 0.656 e. The Labute approximate surface area is 167 Å². The van der Waals surface area contributed by atoms with E-state index in [9.17, 15) is 0 Å². The molecule has 0 bridgehead atoms. The predicted octanol–water partition coefficient (Wildman–Crippen LogP) is 6.14. The molecule has 1 N–H and O–H groups in total. The second-order valence-corrected chi connectivity index (χ2v) is 6.17. The van der Waals surface area contributed by atoms with Crippen molar-refractivity contribution in [2.75, 3.05) is 0 Å². The van der Waals surface area contributed by atoms with Gasteiger partial charge in [0.15, 0.2) is 0 Å². The van der Waals surface area contributed by atoms with Crippen LogP contribution in [-0.4, -0.2) is 5.71 Å². The summed E-state index contributed by atoms with van der Waals surface area (Å²) in [6.07, 6.45) is 5.10. The monoisotopic (exact) mass is 517 g/mol. The van der Waals surface area contributed by atoms with Gasteiger partial charge in [0.05, 0.1) is 0 Å². The molecule has 1 aliphatic carbocycles. The first-order valence-corrected chi connectivity index (χ1v) is 7.63. The molecule has 0 amide bonds. The zero-order chi connectivity index (χ0) is 14.7. The average molecular weight is 516 g/mol. The Morgan fingerprint density at radius 1 is 1.00 bits per heavy atom. The van der Waals surface area contributed by atoms with Crippen LogP contribution < -0.4 is 0 Å². The van der Waals surface area contributed by atoms with Gasteiger partial charge in [0.2, 0.25) is 0 Å². The summed E-state index contributed by atoms with van der Waals surface area (Å²) in [5.74, 6) is 0.900. The van der Waals surface area contributed by atoms with Gasteiger partial charge in [-0.25, -0.2) is 0 Å². The van der Waals surface area contributed by atoms with E-state index in [0.29, 0.717) is 17.5 Å². The van der Waals surface area contributed by atoms with Crippen molar-refractivity contribution in [1.82, 2.24) is 0 Å². The van der Waals surface area contributed by atoms with E-state index in [1.54, 1.807) is 0 Å². The van der Waals surface area contributed by atoms with Crippen LogP contribution in [0.5, 0.6) is 0 Å². The molecule has 1 aromatic rings. The van der Waals surface area contributed by atoms with Gasteiger partial charge < -0.3 is 10.7 Å². The van der Waals surface area contributed by atoms with Gasteiger partial charge in [-0.05, 0) is 31.1 Å². The zero-order valence-electron chi connectivity index (χ0n) is 14.9. The van der Waals surface area contributed by atoms with Crippen LogP contribution in [0, 0.1) is 5.41 Å². The SMILES string of the molecule is CC(C)c1cccc(C(C)C)c1[N-]C1=CCCCC1=N.P.P.[Hf]. The van der Waals surface area contributed by atoms with Gasteiger partial charge in [-0.15, -0.1) is 11.4 Å². The fourth-order valence-electron chi connectivity index (χ4n) is 2.64. The normalized spacial score (nSPS) is 13.7. The van der Waals surface area contributed by atoms with Crippen LogP contribution in [0.4, 0.5) is 5.69 Å². The second kappa shape index (κ2) is 11.7. The van der Waals surface area contributed by atoms with E-state index in [1.165, 1.54) is 11.1 Å². The molecule has 0 fully saturated rings. The molecule has 0 heterocycles. The summed E-state index contributed by atoms with van der Waals surface area (Å²) in [4.78, 5) is 0. The topological polar surface area (TPSA) is 38.0 Å². The number of nitrogens with zero attached hydrogens (tertiary/aromatic N) is 1. The first-order chi connectivity index (χ1) is 9.50. The van der Waals surface area contributed by atoms with Gasteiger partial charge in [-0.2, -0.15) is 19.8 Å². The Morgan fingerprint density at radius 3 is 1.96 bits per heavy atom. The fourth-order valence-corrected chi connectivity index (χ4v) is 2.64. The van der Waals surface area contributed by atoms with E-state index in [2.05, 4.69) is 52.0 Å². The first kappa shape index (κ1) is 25.4. The molecule has 2 rings (SSSR count). The van der Waals surface area contributed by atoms with Crippen molar-refractivity contribution in [3.63, 3.8) is 0 Å². The van der Waals surface area contributed by atoms with Crippen LogP contribution in [0.1, 0.15) is 69.9 Å². The molecular weight excluding hydrogens is 485 g/mol. The molecule has 2 unspecified atom stereocenters. The number of hydrogen-bond donors (Lipinski definition) is 1. The Hall–Kier alpha value is 0.160. The Balaban J connectivity index is 0. The molecule has 5 heteroatoms. The van der Waals surface area contributed by atoms with Crippen LogP contribution >= 0.6 is 19.8 Å². The fraction of sp³-hybridized carbons (Fsp3) is 0.500. The maximum Gasteiger partial charge on any atom is 0.0164 e. The maximum absolute atomic E-state index is 8.09. The molecule has 0 saturated heterocycles. The van der Waals surface area contributed by atoms with Gasteiger partial charge >= 0.3 is 0 Å². The molecule has 0 radical (unpaired) electrons. The molecule has 0 saturated carbocycles. The molecule has 128 valence electrons. The molecule has 1 aliphatic rings. The van der Waals surface area contributed by atoms with E-state index in [-0.39, 0.29) is 45.6 Å². The third-order valence-corrected chi connectivity index (χ3v) is 3.85. The van der Waals surface area contributed by atoms with E-state index in [0.717, 1.165) is 30.6 Å². The van der Waals surface area contributed by atoms with E-state index < -0.39 is 0 Å². The van der Waals surface area contributed by atoms with Gasteiger partial charge in [0, 0.05) is 31.6 Å². The Kier molecular flexibility index (Phi) is 12.9. The van der Waals surface area contributed by atoms with E-state index in [1.807, 2.05) is 0 Å². The van der Waals surface area contributed by atoms with E-state index >= 15 is 0 Å². The Bertz CT molecular complexity index is 514. The quantitative estimate of drug-likeness (QED) is 0.369. The van der Waals surface area contributed by atoms with Crippen LogP contribution in [0.3, 0.4) is 0 Å². The molecular formula is C18H31HfN2P2-.